The van der Waals surface area contributed by atoms with E-state index in [0.29, 0.717) is 24.3 Å². The summed E-state index contributed by atoms with van der Waals surface area (Å²) in [5.41, 5.74) is -9.43. The summed E-state index contributed by atoms with van der Waals surface area (Å²) >= 11 is -3.43. The number of nitrogens with one attached hydrogen (secondary N) is 1. The third-order valence-corrected chi connectivity index (χ3v) is 9.32. The Balaban J connectivity index is 3.08. The summed E-state index contributed by atoms with van der Waals surface area (Å²) in [4.78, 5) is 10.3. The number of non-ortho nitro benzene ring substituents is 1. The molecule has 1 N–H and O–H groups in total. The zero-order valence-corrected chi connectivity index (χ0v) is 25.5. The maximum Gasteiger partial charge on any atom is 0.460 e. The van der Waals surface area contributed by atoms with Gasteiger partial charge in [-0.1, -0.05) is 0 Å². The molecule has 1 aromatic carbocycles. The Hall–Kier alpha value is -3.19. The van der Waals surface area contributed by atoms with Crippen molar-refractivity contribution >= 4 is 5.69 Å². The topological polar surface area (TPSA) is 58.9 Å². The predicted octanol–water partition coefficient (Wildman–Crippen LogP) is 7.44. The Morgan fingerprint density at radius 3 is 1.11 bits per heavy atom. The number of hydrogen-bond acceptors (Lipinski definition) is 2. The molecule has 0 fully saturated rings. The van der Waals surface area contributed by atoms with Crippen LogP contribution in [0.15, 0.2) is 30.5 Å². The number of nitro groups is 1. The van der Waals surface area contributed by atoms with Crippen molar-refractivity contribution in [2.24, 2.45) is 0 Å². The molecular formula is C22H6F26IN2O2+. The third-order valence-electron chi connectivity index (χ3n) is 6.59. The molecule has 1 aromatic heterocycles. The molecule has 0 radical (unpaired) electrons. The van der Waals surface area contributed by atoms with E-state index in [9.17, 15) is 107 Å². The zero-order valence-electron chi connectivity index (χ0n) is 23.4. The third kappa shape index (κ3) is 6.35. The second-order valence-electron chi connectivity index (χ2n) is 9.96. The molecule has 0 aliphatic rings. The van der Waals surface area contributed by atoms with Gasteiger partial charge in [-0.15, -0.1) is 0 Å². The van der Waals surface area contributed by atoms with Crippen molar-refractivity contribution in [1.29, 1.82) is 0 Å². The van der Waals surface area contributed by atoms with Crippen LogP contribution in [-0.4, -0.2) is 69.6 Å². The highest BCUT2D eigenvalue weighted by molar-refractivity contribution is 5.37. The molecule has 0 aliphatic carbocycles. The molecule has 2 rings (SSSR count). The normalized spacial score (nSPS) is 15.6. The number of aromatic nitrogens is 1. The van der Waals surface area contributed by atoms with Gasteiger partial charge in [-0.25, -0.2) is 0 Å². The van der Waals surface area contributed by atoms with Crippen LogP contribution in [0.2, 0.25) is 0 Å². The first-order valence-corrected chi connectivity index (χ1v) is 14.2. The molecule has 53 heavy (non-hydrogen) atoms. The highest BCUT2D eigenvalue weighted by Gasteiger charge is 2.93. The number of aromatic amines is 1. The van der Waals surface area contributed by atoms with E-state index < -0.39 is 128 Å². The van der Waals surface area contributed by atoms with Crippen LogP contribution in [0.3, 0.4) is 0 Å². The smallest absolute Gasteiger partial charge is 0.323 e. The van der Waals surface area contributed by atoms with Crippen molar-refractivity contribution in [3.8, 4) is 0 Å². The monoisotopic (exact) mass is 951 g/mol. The minimum Gasteiger partial charge on any atom is -0.323 e. The fourth-order valence-electron chi connectivity index (χ4n) is 3.63. The van der Waals surface area contributed by atoms with E-state index >= 15 is 17.6 Å². The Kier molecular flexibility index (Phi) is 11.0. The molecule has 0 atom stereocenters. The molecular weight excluding hydrogens is 945 g/mol. The lowest BCUT2D eigenvalue weighted by atomic mass is 9.86. The summed E-state index contributed by atoms with van der Waals surface area (Å²) in [6.07, 6.45) is -17.5. The Labute approximate surface area is 281 Å². The Bertz CT molecular complexity index is 1670. The Morgan fingerprint density at radius 2 is 0.792 bits per heavy atom. The fourth-order valence-corrected chi connectivity index (χ4v) is 6.18. The van der Waals surface area contributed by atoms with Crippen LogP contribution < -0.4 is 21.2 Å². The molecule has 304 valence electrons. The molecule has 0 unspecified atom stereocenters. The number of hydrogen-bond donors (Lipinski definition) is 1. The van der Waals surface area contributed by atoms with Gasteiger partial charge in [-0.2, -0.15) is 114 Å². The molecule has 31 heteroatoms. The van der Waals surface area contributed by atoms with Gasteiger partial charge in [0.05, 0.1) is 10.5 Å². The second-order valence-corrected chi connectivity index (χ2v) is 12.8. The predicted molar refractivity (Wildman–Crippen MR) is 111 cm³/mol. The average Bonchev–Trinajstić information content (AvgIpc) is 3.40. The first-order chi connectivity index (χ1) is 23.0. The maximum atomic E-state index is 15.3. The first-order valence-electron chi connectivity index (χ1n) is 12.0. The van der Waals surface area contributed by atoms with Crippen LogP contribution in [-0.2, 0) is 11.8 Å². The van der Waals surface area contributed by atoms with E-state index in [1.807, 2.05) is 0 Å². The number of H-pyrrole nitrogens is 1. The van der Waals surface area contributed by atoms with Crippen LogP contribution in [0.5, 0.6) is 0 Å². The number of alkyl halides is 26. The number of rotatable bonds is 13. The molecule has 0 aliphatic heterocycles. The van der Waals surface area contributed by atoms with Crippen molar-refractivity contribution in [2.45, 2.75) is 71.6 Å². The summed E-state index contributed by atoms with van der Waals surface area (Å²) in [6, 6.07) is 1.23. The van der Waals surface area contributed by atoms with E-state index in [1.54, 1.807) is 0 Å². The van der Waals surface area contributed by atoms with Gasteiger partial charge in [0, 0.05) is 18.3 Å². The van der Waals surface area contributed by atoms with E-state index in [4.69, 9.17) is 0 Å². The highest BCUT2D eigenvalue weighted by atomic mass is 127. The minimum absolute atomic E-state index is 0.305. The maximum absolute atomic E-state index is 15.3. The zero-order chi connectivity index (χ0) is 42.4. The van der Waals surface area contributed by atoms with Crippen LogP contribution in [0.25, 0.3) is 0 Å². The van der Waals surface area contributed by atoms with E-state index in [1.165, 1.54) is 0 Å². The van der Waals surface area contributed by atoms with Gasteiger partial charge in [0.2, 0.25) is 0 Å². The van der Waals surface area contributed by atoms with Crippen LogP contribution in [0.1, 0.15) is 11.1 Å². The molecule has 0 saturated carbocycles. The molecule has 0 spiro atoms. The summed E-state index contributed by atoms with van der Waals surface area (Å²) in [5.74, 6) is -86.0. The highest BCUT2D eigenvalue weighted by Crippen LogP contribution is 2.65. The lowest BCUT2D eigenvalue weighted by Crippen LogP contribution is -3.62. The van der Waals surface area contributed by atoms with Gasteiger partial charge in [-0.05, 0) is 12.1 Å². The molecule has 0 amide bonds. The molecule has 1 heterocycles. The summed E-state index contributed by atoms with van der Waals surface area (Å²) in [5, 5.41) is 10.7. The van der Waals surface area contributed by atoms with Crippen LogP contribution in [0.4, 0.5) is 120 Å². The lowest BCUT2D eigenvalue weighted by Gasteiger charge is -2.41. The lowest BCUT2D eigenvalue weighted by molar-refractivity contribution is -0.605. The molecule has 4 nitrogen and oxygen atoms in total. The van der Waals surface area contributed by atoms with Crippen molar-refractivity contribution in [2.75, 3.05) is 0 Å². The number of nitrogens with zero attached hydrogens (tertiary/aromatic N) is 1. The molecule has 0 bridgehead atoms. The number of benzene rings is 1. The van der Waals surface area contributed by atoms with Gasteiger partial charge in [0.15, 0.2) is 3.57 Å². The minimum atomic E-state index is -8.91. The van der Waals surface area contributed by atoms with E-state index in [2.05, 4.69) is 0 Å². The standard InChI is InChI=1S/C22H6F26IN2O2/c23-11(24,13(27,28)15(31,32)17(35,36)19(39,40)21(43,44)45)8-5-50-10(49-6-1-3-7(4-2-6)51(52)53)9(8)12(25,26)14(29,30)16(33,34)18(37,38)20(41,42)22(46,47)48/h1-5,50H/q+1. The first kappa shape index (κ1) is 46.0. The number of halogens is 27. The van der Waals surface area contributed by atoms with Crippen LogP contribution in [0, 0.1) is 17.4 Å². The second kappa shape index (κ2) is 12.7. The van der Waals surface area contributed by atoms with Gasteiger partial charge in [0.25, 0.3) is 9.39 Å². The van der Waals surface area contributed by atoms with Gasteiger partial charge in [0.1, 0.15) is 5.56 Å². The summed E-state index contributed by atoms with van der Waals surface area (Å²) in [7, 11) is 0. The van der Waals surface area contributed by atoms with Crippen molar-refractivity contribution < 1.29 is 140 Å². The summed E-state index contributed by atoms with van der Waals surface area (Å²) in [6.45, 7) is 0. The van der Waals surface area contributed by atoms with Crippen LogP contribution >= 0.6 is 0 Å². The van der Waals surface area contributed by atoms with Crippen molar-refractivity contribution in [1.82, 2.24) is 4.98 Å². The number of nitro benzene ring substituents is 1. The van der Waals surface area contributed by atoms with E-state index in [-0.39, 0.29) is 0 Å². The van der Waals surface area contributed by atoms with Gasteiger partial charge in [-0.3, -0.25) is 10.1 Å². The molecule has 0 saturated heterocycles. The van der Waals surface area contributed by atoms with Crippen molar-refractivity contribution in [3.63, 3.8) is 0 Å². The average molecular weight is 951 g/mol. The van der Waals surface area contributed by atoms with E-state index in [0.717, 1.165) is 4.98 Å². The summed E-state index contributed by atoms with van der Waals surface area (Å²) < 4.78 is 355. The van der Waals surface area contributed by atoms with Gasteiger partial charge >= 0.3 is 92.8 Å². The molecule has 2 aromatic rings. The fraction of sp³-hybridized carbons (Fsp3) is 0.545. The largest absolute Gasteiger partial charge is 0.460 e. The van der Waals surface area contributed by atoms with Crippen molar-refractivity contribution in [3.05, 3.63) is 59.0 Å². The van der Waals surface area contributed by atoms with Gasteiger partial charge < -0.3 is 4.98 Å². The Morgan fingerprint density at radius 1 is 0.472 bits per heavy atom. The quantitative estimate of drug-likeness (QED) is 0.0984. The SMILES string of the molecule is O=[N+]([O-])c1ccc([I+]c2[nH]cc(C(F)(F)C(F)(F)C(F)(F)C(F)(F)C(F)(F)C(F)(F)F)c2C(F)(F)C(F)(F)C(F)(F)C(F)(F)C(F)(F)C(F)(F)F)cc1.